The van der Waals surface area contributed by atoms with Gasteiger partial charge in [0.25, 0.3) is 0 Å². The molecule has 0 spiro atoms. The van der Waals surface area contributed by atoms with Crippen molar-refractivity contribution >= 4 is 46.9 Å². The van der Waals surface area contributed by atoms with Crippen LogP contribution in [0.2, 0.25) is 15.1 Å². The molecule has 26 heavy (non-hydrogen) atoms. The van der Waals surface area contributed by atoms with Crippen molar-refractivity contribution < 1.29 is 9.32 Å². The molecule has 1 N–H and O–H groups in total. The van der Waals surface area contributed by atoms with Crippen LogP contribution in [-0.4, -0.2) is 16.6 Å². The van der Waals surface area contributed by atoms with E-state index in [-0.39, 0.29) is 0 Å². The van der Waals surface area contributed by atoms with Gasteiger partial charge in [-0.15, -0.1) is 0 Å². The van der Waals surface area contributed by atoms with Gasteiger partial charge in [0, 0.05) is 31.9 Å². The lowest BCUT2D eigenvalue weighted by atomic mass is 9.95. The molecule has 1 aromatic heterocycles. The summed E-state index contributed by atoms with van der Waals surface area (Å²) >= 11 is 18.8. The molecule has 1 fully saturated rings. The Balaban J connectivity index is 1.72. The zero-order valence-electron chi connectivity index (χ0n) is 13.3. The lowest BCUT2D eigenvalue weighted by Crippen LogP contribution is -2.11. The van der Waals surface area contributed by atoms with Gasteiger partial charge in [0.1, 0.15) is 0 Å². The summed E-state index contributed by atoms with van der Waals surface area (Å²) in [6.07, 6.45) is 2.18. The number of benzene rings is 2. The lowest BCUT2D eigenvalue weighted by molar-refractivity contribution is -0.105. The van der Waals surface area contributed by atoms with Gasteiger partial charge >= 0.3 is 0 Å². The minimum atomic E-state index is -0.494. The highest BCUT2D eigenvalue weighted by atomic mass is 35.5. The van der Waals surface area contributed by atoms with Crippen molar-refractivity contribution in [2.45, 2.75) is 18.3 Å². The second kappa shape index (κ2) is 6.58. The monoisotopic (exact) mass is 407 g/mol. The van der Waals surface area contributed by atoms with Crippen LogP contribution in [0.3, 0.4) is 0 Å². The first-order chi connectivity index (χ1) is 12.5. The average molecular weight is 409 g/mol. The molecule has 0 atom stereocenters. The number of hydrogen-bond acceptors (Lipinski definition) is 4. The zero-order chi connectivity index (χ0) is 18.3. The fraction of sp³-hybridized carbons (Fsp3) is 0.167. The number of nitrogens with zero attached hydrogens (tertiary/aromatic N) is 2. The normalized spacial score (nSPS) is 14.9. The van der Waals surface area contributed by atoms with Gasteiger partial charge in [0.05, 0.1) is 5.41 Å². The Morgan fingerprint density at radius 2 is 1.73 bits per heavy atom. The summed E-state index contributed by atoms with van der Waals surface area (Å²) in [4.78, 5) is 15.2. The van der Waals surface area contributed by atoms with E-state index in [9.17, 15) is 4.79 Å². The Bertz CT molecular complexity index is 959. The van der Waals surface area contributed by atoms with Crippen LogP contribution in [0.4, 0.5) is 5.69 Å². The number of anilines is 1. The van der Waals surface area contributed by atoms with Gasteiger partial charge in [-0.2, -0.15) is 4.98 Å². The molecule has 0 saturated heterocycles. The molecule has 0 unspecified atom stereocenters. The van der Waals surface area contributed by atoms with Crippen LogP contribution in [0.5, 0.6) is 0 Å². The van der Waals surface area contributed by atoms with Gasteiger partial charge in [-0.05, 0) is 49.2 Å². The molecule has 1 aliphatic carbocycles. The van der Waals surface area contributed by atoms with E-state index in [0.29, 0.717) is 38.9 Å². The quantitative estimate of drug-likeness (QED) is 0.578. The molecule has 1 amide bonds. The maximum absolute atomic E-state index is 10.6. The summed E-state index contributed by atoms with van der Waals surface area (Å²) in [6.45, 7) is 0. The zero-order valence-corrected chi connectivity index (χ0v) is 15.6. The predicted octanol–water partition coefficient (Wildman–Crippen LogP) is 5.35. The molecule has 1 heterocycles. The Morgan fingerprint density at radius 3 is 2.31 bits per heavy atom. The molecule has 8 heteroatoms. The third-order valence-electron chi connectivity index (χ3n) is 4.43. The van der Waals surface area contributed by atoms with Crippen LogP contribution in [0.15, 0.2) is 40.9 Å². The van der Waals surface area contributed by atoms with Gasteiger partial charge in [0.15, 0.2) is 0 Å². The maximum atomic E-state index is 10.6. The number of carbonyl (C=O) groups excluding carboxylic acids is 1. The number of amides is 1. The Morgan fingerprint density at radius 1 is 1.08 bits per heavy atom. The maximum Gasteiger partial charge on any atom is 0.237 e. The Hall–Kier alpha value is -2.08. The lowest BCUT2D eigenvalue weighted by Gasteiger charge is -2.16. The molecule has 1 aliphatic rings. The first-order valence-electron chi connectivity index (χ1n) is 7.83. The third-order valence-corrected chi connectivity index (χ3v) is 5.28. The van der Waals surface area contributed by atoms with E-state index in [2.05, 4.69) is 15.5 Å². The van der Waals surface area contributed by atoms with E-state index in [4.69, 9.17) is 39.3 Å². The van der Waals surface area contributed by atoms with Crippen molar-refractivity contribution in [3.63, 3.8) is 0 Å². The number of rotatable bonds is 5. The molecular formula is C18H12Cl3N3O2. The third kappa shape index (κ3) is 2.96. The van der Waals surface area contributed by atoms with Crippen molar-refractivity contribution in [1.29, 1.82) is 0 Å². The fourth-order valence-electron chi connectivity index (χ4n) is 3.01. The smallest absolute Gasteiger partial charge is 0.237 e. The van der Waals surface area contributed by atoms with E-state index >= 15 is 0 Å². The predicted molar refractivity (Wildman–Crippen MR) is 101 cm³/mol. The highest BCUT2D eigenvalue weighted by molar-refractivity contribution is 6.37. The van der Waals surface area contributed by atoms with Crippen molar-refractivity contribution in [2.75, 3.05) is 5.32 Å². The van der Waals surface area contributed by atoms with E-state index in [1.54, 1.807) is 24.3 Å². The molecule has 132 valence electrons. The SMILES string of the molecule is O=CNc1cc(Cl)c(C2(c3nc(-c4ccc(Cl)cc4)no3)CC2)c(Cl)c1. The number of nitrogens with one attached hydrogen (secondary N) is 1. The fourth-order valence-corrected chi connectivity index (χ4v) is 3.99. The van der Waals surface area contributed by atoms with Crippen LogP contribution >= 0.6 is 34.8 Å². The minimum absolute atomic E-state index is 0.450. The van der Waals surface area contributed by atoms with Gasteiger partial charge in [-0.3, -0.25) is 4.79 Å². The van der Waals surface area contributed by atoms with Crippen LogP contribution in [0.25, 0.3) is 11.4 Å². The van der Waals surface area contributed by atoms with Gasteiger partial charge < -0.3 is 9.84 Å². The first-order valence-corrected chi connectivity index (χ1v) is 8.97. The first kappa shape index (κ1) is 17.3. The molecule has 3 aromatic rings. The second-order valence-corrected chi connectivity index (χ2v) is 7.34. The summed E-state index contributed by atoms with van der Waals surface area (Å²) in [7, 11) is 0. The van der Waals surface area contributed by atoms with Crippen LogP contribution in [0, 0.1) is 0 Å². The number of halogens is 3. The van der Waals surface area contributed by atoms with Crippen LogP contribution in [0.1, 0.15) is 24.3 Å². The van der Waals surface area contributed by atoms with Gasteiger partial charge in [0.2, 0.25) is 18.1 Å². The molecule has 0 radical (unpaired) electrons. The van der Waals surface area contributed by atoms with Crippen molar-refractivity contribution in [1.82, 2.24) is 10.1 Å². The highest BCUT2D eigenvalue weighted by Gasteiger charge is 2.53. The van der Waals surface area contributed by atoms with Crippen LogP contribution in [-0.2, 0) is 10.2 Å². The van der Waals surface area contributed by atoms with E-state index in [0.717, 1.165) is 24.0 Å². The van der Waals surface area contributed by atoms with Crippen molar-refractivity contribution in [2.24, 2.45) is 0 Å². The van der Waals surface area contributed by atoms with Crippen molar-refractivity contribution in [3.8, 4) is 11.4 Å². The summed E-state index contributed by atoms with van der Waals surface area (Å²) in [5.74, 6) is 0.955. The number of aromatic nitrogens is 2. The number of hydrogen-bond donors (Lipinski definition) is 1. The molecule has 1 saturated carbocycles. The standard InChI is InChI=1S/C18H12Cl3N3O2/c19-11-3-1-10(2-4-11)16-23-17(26-24-16)18(5-6-18)15-13(20)7-12(22-9-25)8-14(15)21/h1-4,7-9H,5-6H2,(H,22,25). The molecule has 0 bridgehead atoms. The molecular weight excluding hydrogens is 397 g/mol. The molecule has 2 aromatic carbocycles. The summed E-state index contributed by atoms with van der Waals surface area (Å²) in [6, 6.07) is 10.5. The van der Waals surface area contributed by atoms with Crippen LogP contribution < -0.4 is 5.32 Å². The molecule has 4 rings (SSSR count). The number of carbonyl (C=O) groups is 1. The van der Waals surface area contributed by atoms with E-state index in [1.807, 2.05) is 12.1 Å². The summed E-state index contributed by atoms with van der Waals surface area (Å²) in [5, 5.41) is 8.16. The summed E-state index contributed by atoms with van der Waals surface area (Å²) < 4.78 is 5.54. The van der Waals surface area contributed by atoms with Gasteiger partial charge in [-0.1, -0.05) is 40.0 Å². The Labute approximate surface area is 164 Å². The second-order valence-electron chi connectivity index (χ2n) is 6.09. The minimum Gasteiger partial charge on any atom is -0.338 e. The topological polar surface area (TPSA) is 68.0 Å². The van der Waals surface area contributed by atoms with E-state index in [1.165, 1.54) is 0 Å². The average Bonchev–Trinajstić information content (AvgIpc) is 3.23. The molecule has 5 nitrogen and oxygen atoms in total. The molecule has 0 aliphatic heterocycles. The summed E-state index contributed by atoms with van der Waals surface area (Å²) in [5.41, 5.74) is 1.58. The van der Waals surface area contributed by atoms with E-state index < -0.39 is 5.41 Å². The highest BCUT2D eigenvalue weighted by Crippen LogP contribution is 2.57. The Kier molecular flexibility index (Phi) is 4.39. The van der Waals surface area contributed by atoms with Gasteiger partial charge in [-0.25, -0.2) is 0 Å². The van der Waals surface area contributed by atoms with Crippen molar-refractivity contribution in [3.05, 3.63) is 62.9 Å². The largest absolute Gasteiger partial charge is 0.338 e.